The summed E-state index contributed by atoms with van der Waals surface area (Å²) in [6.45, 7) is 14.1. The Labute approximate surface area is 239 Å². The largest absolute Gasteiger partial charge is 0.481 e. The van der Waals surface area contributed by atoms with E-state index in [2.05, 4.69) is 20.4 Å². The molecule has 0 saturated carbocycles. The van der Waals surface area contributed by atoms with Crippen LogP contribution in [0.1, 0.15) is 60.3 Å². The molecule has 0 fully saturated rings. The van der Waals surface area contributed by atoms with Gasteiger partial charge in [0.15, 0.2) is 0 Å². The van der Waals surface area contributed by atoms with Gasteiger partial charge in [-0.05, 0) is 80.2 Å². The number of hydrogen-bond donors (Lipinski definition) is 2. The predicted octanol–water partition coefficient (Wildman–Crippen LogP) is 6.49. The molecule has 0 unspecified atom stereocenters. The lowest BCUT2D eigenvalue weighted by Crippen LogP contribution is -2.18. The standard InChI is InChI=1S/C33H34N4O4/c1-7-20-18(5)26-15-30-21(8-2)17(4)25(35-30)14-27-19(6)22(9-10-31(38)39)33(37-27)23(12-32(40)41)28-11-16(3)24(34-28)13-29(20)36-26/h8,11,13-15,19,22H,2,7,9-10,12H2,1,3-6H3,(H,38,39)(H,40,41)/t19-,22-/m0/s1. The molecular weight excluding hydrogens is 516 g/mol. The van der Waals surface area contributed by atoms with Crippen LogP contribution in [0.2, 0.25) is 0 Å². The summed E-state index contributed by atoms with van der Waals surface area (Å²) in [5.41, 5.74) is 11.3. The van der Waals surface area contributed by atoms with Crippen molar-refractivity contribution >= 4 is 34.8 Å². The Bertz CT molecular complexity index is 1650. The van der Waals surface area contributed by atoms with Gasteiger partial charge < -0.3 is 10.2 Å². The average Bonchev–Trinajstić information content (AvgIpc) is 3.60. The Balaban J connectivity index is 1.81. The lowest BCUT2D eigenvalue weighted by Gasteiger charge is -2.18. The van der Waals surface area contributed by atoms with E-state index in [-0.39, 0.29) is 24.7 Å². The minimum absolute atomic E-state index is 0.0502. The topological polar surface area (TPSA) is 124 Å². The number of carboxylic acid groups (broad SMARTS) is 2. The average molecular weight is 551 g/mol. The Kier molecular flexibility index (Phi) is 7.43. The summed E-state index contributed by atoms with van der Waals surface area (Å²) in [5.74, 6) is -2.32. The Hall–Kier alpha value is -4.46. The predicted molar refractivity (Wildman–Crippen MR) is 162 cm³/mol. The molecule has 0 aromatic rings. The second-order valence-electron chi connectivity index (χ2n) is 10.9. The van der Waals surface area contributed by atoms with Crippen molar-refractivity contribution in [3.05, 3.63) is 93.2 Å². The molecule has 8 nitrogen and oxygen atoms in total. The van der Waals surface area contributed by atoms with Crippen molar-refractivity contribution in [2.75, 3.05) is 0 Å². The molecule has 0 aromatic heterocycles. The second-order valence-corrected chi connectivity index (χ2v) is 10.9. The van der Waals surface area contributed by atoms with Gasteiger partial charge in [0.2, 0.25) is 0 Å². The summed E-state index contributed by atoms with van der Waals surface area (Å²) in [4.78, 5) is 43.5. The van der Waals surface area contributed by atoms with Gasteiger partial charge in [0.1, 0.15) is 0 Å². The van der Waals surface area contributed by atoms with Gasteiger partial charge in [0, 0.05) is 35.1 Å². The van der Waals surface area contributed by atoms with Gasteiger partial charge in [-0.1, -0.05) is 26.5 Å². The molecule has 8 heteroatoms. The zero-order valence-electron chi connectivity index (χ0n) is 24.1. The first-order valence-electron chi connectivity index (χ1n) is 13.9. The zero-order valence-corrected chi connectivity index (χ0v) is 24.1. The maximum Gasteiger partial charge on any atom is 0.307 e. The molecule has 5 aliphatic rings. The second kappa shape index (κ2) is 10.8. The van der Waals surface area contributed by atoms with Gasteiger partial charge in [-0.2, -0.15) is 0 Å². The van der Waals surface area contributed by atoms with E-state index in [9.17, 15) is 19.8 Å². The van der Waals surface area contributed by atoms with Crippen LogP contribution in [0.3, 0.4) is 0 Å². The number of aliphatic imine (C=N–C) groups is 4. The summed E-state index contributed by atoms with van der Waals surface area (Å²) < 4.78 is 0. The maximum atomic E-state index is 12.1. The first-order valence-corrected chi connectivity index (χ1v) is 13.9. The van der Waals surface area contributed by atoms with Crippen LogP contribution in [-0.2, 0) is 9.59 Å². The van der Waals surface area contributed by atoms with Crippen molar-refractivity contribution in [3.63, 3.8) is 0 Å². The number of carboxylic acids is 2. The third-order valence-corrected chi connectivity index (χ3v) is 8.37. The minimum Gasteiger partial charge on any atom is -0.481 e. The number of nitrogens with zero attached hydrogens (tertiary/aromatic N) is 4. The summed E-state index contributed by atoms with van der Waals surface area (Å²) >= 11 is 0. The van der Waals surface area contributed by atoms with Gasteiger partial charge in [0.05, 0.1) is 46.3 Å². The normalized spacial score (nSPS) is 23.5. The van der Waals surface area contributed by atoms with Crippen LogP contribution in [0.4, 0.5) is 0 Å². The highest BCUT2D eigenvalue weighted by atomic mass is 16.4. The molecule has 2 N–H and O–H groups in total. The van der Waals surface area contributed by atoms with Gasteiger partial charge in [-0.3, -0.25) is 14.6 Å². The molecular formula is C33H34N4O4. The van der Waals surface area contributed by atoms with E-state index in [1.807, 2.05) is 45.1 Å². The molecule has 210 valence electrons. The molecule has 5 aliphatic heterocycles. The number of rotatable bonds is 7. The van der Waals surface area contributed by atoms with Crippen LogP contribution in [0, 0.1) is 11.8 Å². The maximum absolute atomic E-state index is 12.1. The van der Waals surface area contributed by atoms with Gasteiger partial charge in [-0.15, -0.1) is 0 Å². The van der Waals surface area contributed by atoms with Crippen molar-refractivity contribution < 1.29 is 19.8 Å². The molecule has 0 spiro atoms. The SMILES string of the molecule is C=CC1=C(C)C2=CC3=NC(=C(CC(=O)O)C4=NC(=CC5=NC(=CC1=N2)C(C)=C5CC)C(C)=C4)[C@@H](CCC(=O)O)[C@@H]3C. The zero-order chi connectivity index (χ0) is 29.6. The van der Waals surface area contributed by atoms with Crippen molar-refractivity contribution in [2.45, 2.75) is 60.3 Å². The monoisotopic (exact) mass is 550 g/mol. The Morgan fingerprint density at radius 1 is 0.854 bits per heavy atom. The molecule has 8 bridgehead atoms. The van der Waals surface area contributed by atoms with E-state index in [0.717, 1.165) is 68.5 Å². The van der Waals surface area contributed by atoms with Crippen molar-refractivity contribution in [1.82, 2.24) is 0 Å². The van der Waals surface area contributed by atoms with E-state index >= 15 is 0 Å². The minimum atomic E-state index is -0.999. The lowest BCUT2D eigenvalue weighted by molar-refractivity contribution is -0.138. The third-order valence-electron chi connectivity index (χ3n) is 8.37. The Morgan fingerprint density at radius 3 is 2.15 bits per heavy atom. The highest BCUT2D eigenvalue weighted by molar-refractivity contribution is 6.19. The summed E-state index contributed by atoms with van der Waals surface area (Å²) in [5, 5.41) is 19.4. The molecule has 0 radical (unpaired) electrons. The number of hydrogen-bond acceptors (Lipinski definition) is 6. The fourth-order valence-corrected chi connectivity index (χ4v) is 6.03. The van der Waals surface area contributed by atoms with E-state index < -0.39 is 11.9 Å². The molecule has 0 aromatic carbocycles. The van der Waals surface area contributed by atoms with Crippen LogP contribution in [0.15, 0.2) is 113 Å². The number of aliphatic carboxylic acids is 2. The summed E-state index contributed by atoms with van der Waals surface area (Å²) in [6, 6.07) is 0. The molecule has 41 heavy (non-hydrogen) atoms. The van der Waals surface area contributed by atoms with Crippen molar-refractivity contribution in [3.8, 4) is 0 Å². The molecule has 0 saturated heterocycles. The van der Waals surface area contributed by atoms with Gasteiger partial charge in [0.25, 0.3) is 0 Å². The van der Waals surface area contributed by atoms with Crippen LogP contribution in [0.5, 0.6) is 0 Å². The fraction of sp³-hybridized carbons (Fsp3) is 0.333. The number of carbonyl (C=O) groups is 2. The Morgan fingerprint density at radius 2 is 1.49 bits per heavy atom. The molecule has 0 amide bonds. The van der Waals surface area contributed by atoms with Crippen LogP contribution < -0.4 is 0 Å². The molecule has 5 heterocycles. The lowest BCUT2D eigenvalue weighted by atomic mass is 9.84. The molecule has 5 rings (SSSR count). The van der Waals surface area contributed by atoms with E-state index in [1.54, 1.807) is 6.08 Å². The third kappa shape index (κ3) is 5.10. The van der Waals surface area contributed by atoms with Gasteiger partial charge in [-0.25, -0.2) is 15.0 Å². The summed E-state index contributed by atoms with van der Waals surface area (Å²) in [6.07, 6.45) is 10.4. The highest BCUT2D eigenvalue weighted by Crippen LogP contribution is 2.41. The molecule has 0 aliphatic carbocycles. The quantitative estimate of drug-likeness (QED) is 0.376. The van der Waals surface area contributed by atoms with Crippen LogP contribution in [0.25, 0.3) is 0 Å². The first-order chi connectivity index (χ1) is 19.5. The van der Waals surface area contributed by atoms with E-state index in [0.29, 0.717) is 23.4 Å². The number of fused-ring (bicyclic) bond motifs is 4. The van der Waals surface area contributed by atoms with Crippen molar-refractivity contribution in [2.24, 2.45) is 31.8 Å². The summed E-state index contributed by atoms with van der Waals surface area (Å²) in [7, 11) is 0. The number of allylic oxidation sites excluding steroid dienone is 11. The van der Waals surface area contributed by atoms with Crippen LogP contribution >= 0.6 is 0 Å². The fourth-order valence-electron chi connectivity index (χ4n) is 6.03. The highest BCUT2D eigenvalue weighted by Gasteiger charge is 2.36. The van der Waals surface area contributed by atoms with Crippen LogP contribution in [-0.4, -0.2) is 45.0 Å². The van der Waals surface area contributed by atoms with Gasteiger partial charge >= 0.3 is 11.9 Å². The molecule has 2 atom stereocenters. The van der Waals surface area contributed by atoms with E-state index in [1.165, 1.54) is 0 Å². The van der Waals surface area contributed by atoms with E-state index in [4.69, 9.17) is 20.0 Å². The first kappa shape index (κ1) is 28.1. The smallest absolute Gasteiger partial charge is 0.307 e. The van der Waals surface area contributed by atoms with Crippen molar-refractivity contribution in [1.29, 1.82) is 0 Å².